The Balaban J connectivity index is 1.15. The lowest BCUT2D eigenvalue weighted by atomic mass is 9.93. The highest BCUT2D eigenvalue weighted by Crippen LogP contribution is 2.60. The van der Waals surface area contributed by atoms with Crippen molar-refractivity contribution >= 4 is 66.7 Å². The van der Waals surface area contributed by atoms with E-state index in [0.717, 1.165) is 77.8 Å². The molecule has 0 bridgehead atoms. The number of aromatic nitrogens is 2. The van der Waals surface area contributed by atoms with Crippen LogP contribution in [0, 0.1) is 0 Å². The van der Waals surface area contributed by atoms with Gasteiger partial charge in [-0.05, 0) is 83.7 Å². The predicted octanol–water partition coefficient (Wildman–Crippen LogP) is 14.4. The molecule has 58 heavy (non-hydrogen) atoms. The van der Waals surface area contributed by atoms with Crippen molar-refractivity contribution in [3.8, 4) is 34.1 Å². The van der Waals surface area contributed by atoms with Gasteiger partial charge in [-0.15, -0.1) is 0 Å². The van der Waals surface area contributed by atoms with E-state index in [4.69, 9.17) is 14.5 Å². The van der Waals surface area contributed by atoms with Crippen molar-refractivity contribution in [3.63, 3.8) is 0 Å². The van der Waals surface area contributed by atoms with Gasteiger partial charge in [0, 0.05) is 51.2 Å². The number of fused-ring (bicyclic) bond motifs is 5. The molecule has 0 saturated carbocycles. The summed E-state index contributed by atoms with van der Waals surface area (Å²) in [6.07, 6.45) is 3.75. The number of hydrogen-bond acceptors (Lipinski definition) is 6. The average molecular weight is 747 g/mol. The lowest BCUT2D eigenvalue weighted by molar-refractivity contribution is 0.362. The Morgan fingerprint density at radius 3 is 1.40 bits per heavy atom. The molecule has 0 unspecified atom stereocenters. The topological polar surface area (TPSA) is 50.7 Å². The molecule has 0 aliphatic carbocycles. The van der Waals surface area contributed by atoms with Crippen LogP contribution in [0.4, 0.5) is 34.1 Å². The smallest absolute Gasteiger partial charge is 0.195 e. The summed E-state index contributed by atoms with van der Waals surface area (Å²) >= 11 is 0. The van der Waals surface area contributed by atoms with Crippen LogP contribution in [0.2, 0.25) is 0 Å². The molecule has 11 rings (SSSR count). The molecule has 274 valence electrons. The summed E-state index contributed by atoms with van der Waals surface area (Å²) in [5, 5.41) is 4.14. The molecular weight excluding hydrogens is 713 g/mol. The van der Waals surface area contributed by atoms with E-state index in [-0.39, 0.29) is 0 Å². The first-order valence-corrected chi connectivity index (χ1v) is 19.3. The van der Waals surface area contributed by atoms with Crippen LogP contribution in [0.3, 0.4) is 0 Å². The number of para-hydroxylation sites is 6. The first-order chi connectivity index (χ1) is 28.8. The fraction of sp³-hybridized carbons (Fsp3) is 0. The second-order valence-electron chi connectivity index (χ2n) is 14.2. The average Bonchev–Trinajstić information content (AvgIpc) is 3.29. The molecule has 3 heterocycles. The Morgan fingerprint density at radius 1 is 0.345 bits per heavy atom. The highest BCUT2D eigenvalue weighted by atomic mass is 16.6. The molecule has 2 aromatic heterocycles. The SMILES string of the molecule is c1ccc(N(c2ccc(-c3c4c(c(N(c5ccccc5)c5ccnc6ccccc56)c5ccccc35)Oc3ccccc3O4)cc2)c2ccnc3ccccc23)cc1. The van der Waals surface area contributed by atoms with E-state index in [0.29, 0.717) is 23.0 Å². The number of pyridine rings is 2. The van der Waals surface area contributed by atoms with Crippen LogP contribution in [0.15, 0.2) is 207 Å². The lowest BCUT2D eigenvalue weighted by Gasteiger charge is -2.33. The number of ether oxygens (including phenoxy) is 2. The Labute approximate surface area is 335 Å². The Kier molecular flexibility index (Phi) is 8.04. The molecule has 0 radical (unpaired) electrons. The van der Waals surface area contributed by atoms with Gasteiger partial charge in [0.05, 0.1) is 22.4 Å². The third kappa shape index (κ3) is 5.58. The van der Waals surface area contributed by atoms with E-state index in [9.17, 15) is 0 Å². The second-order valence-corrected chi connectivity index (χ2v) is 14.2. The number of hydrogen-bond donors (Lipinski definition) is 0. The van der Waals surface area contributed by atoms with Crippen molar-refractivity contribution in [1.29, 1.82) is 0 Å². The molecule has 10 aromatic rings. The summed E-state index contributed by atoms with van der Waals surface area (Å²) in [4.78, 5) is 14.0. The number of rotatable bonds is 7. The van der Waals surface area contributed by atoms with E-state index >= 15 is 0 Å². The normalized spacial score (nSPS) is 11.7. The van der Waals surface area contributed by atoms with Gasteiger partial charge in [0.25, 0.3) is 0 Å². The van der Waals surface area contributed by atoms with Crippen LogP contribution in [-0.2, 0) is 0 Å². The monoisotopic (exact) mass is 746 g/mol. The maximum atomic E-state index is 7.04. The van der Waals surface area contributed by atoms with Crippen LogP contribution < -0.4 is 19.3 Å². The summed E-state index contributed by atoms with van der Waals surface area (Å²) in [6, 6.07) is 66.7. The molecule has 0 atom stereocenters. The number of nitrogens with zero attached hydrogens (tertiary/aromatic N) is 4. The highest BCUT2D eigenvalue weighted by molar-refractivity contribution is 6.14. The first-order valence-electron chi connectivity index (χ1n) is 19.3. The standard InChI is InChI=1S/C52H34N4O2/c1-3-15-36(16-4-1)55(45-31-33-53-43-23-11-9-21-41(43)45)38-29-27-35(28-30-38)49-39-19-7-8-20-40(39)50(52-51(49)57-47-25-13-14-26-48(47)58-52)56(37-17-5-2-6-18-37)46-32-34-54-44-24-12-10-22-42(44)46/h1-34H. The first kappa shape index (κ1) is 33.4. The molecule has 1 aliphatic heterocycles. The minimum absolute atomic E-state index is 0.635. The predicted molar refractivity (Wildman–Crippen MR) is 236 cm³/mol. The molecule has 0 spiro atoms. The van der Waals surface area contributed by atoms with Gasteiger partial charge in [-0.25, -0.2) is 0 Å². The van der Waals surface area contributed by atoms with E-state index in [1.54, 1.807) is 0 Å². The second kappa shape index (κ2) is 14.0. The van der Waals surface area contributed by atoms with Gasteiger partial charge in [0.15, 0.2) is 23.0 Å². The van der Waals surface area contributed by atoms with Gasteiger partial charge < -0.3 is 19.3 Å². The third-order valence-electron chi connectivity index (χ3n) is 10.8. The summed E-state index contributed by atoms with van der Waals surface area (Å²) in [5.41, 5.74) is 9.75. The minimum atomic E-state index is 0.635. The van der Waals surface area contributed by atoms with E-state index < -0.39 is 0 Å². The zero-order valence-electron chi connectivity index (χ0n) is 31.2. The van der Waals surface area contributed by atoms with Crippen molar-refractivity contribution in [1.82, 2.24) is 9.97 Å². The summed E-state index contributed by atoms with van der Waals surface area (Å²) in [5.74, 6) is 2.60. The summed E-state index contributed by atoms with van der Waals surface area (Å²) in [7, 11) is 0. The fourth-order valence-electron chi connectivity index (χ4n) is 8.21. The molecule has 0 N–H and O–H groups in total. The van der Waals surface area contributed by atoms with Crippen molar-refractivity contribution in [2.24, 2.45) is 0 Å². The molecule has 6 heteroatoms. The maximum absolute atomic E-state index is 7.04. The van der Waals surface area contributed by atoms with E-state index in [1.165, 1.54) is 0 Å². The van der Waals surface area contributed by atoms with Crippen molar-refractivity contribution < 1.29 is 9.47 Å². The Morgan fingerprint density at radius 2 is 0.793 bits per heavy atom. The summed E-state index contributed by atoms with van der Waals surface area (Å²) < 4.78 is 14.0. The van der Waals surface area contributed by atoms with Crippen LogP contribution in [0.5, 0.6) is 23.0 Å². The van der Waals surface area contributed by atoms with Gasteiger partial charge >= 0.3 is 0 Å². The number of benzene rings is 8. The molecule has 0 saturated heterocycles. The van der Waals surface area contributed by atoms with Crippen LogP contribution >= 0.6 is 0 Å². The fourth-order valence-corrected chi connectivity index (χ4v) is 8.21. The van der Waals surface area contributed by atoms with Crippen LogP contribution in [0.1, 0.15) is 0 Å². The zero-order chi connectivity index (χ0) is 38.4. The molecular formula is C52H34N4O2. The van der Waals surface area contributed by atoms with E-state index in [1.807, 2.05) is 67.0 Å². The Hall–Kier alpha value is -7.96. The van der Waals surface area contributed by atoms with Crippen LogP contribution in [-0.4, -0.2) is 9.97 Å². The molecule has 0 amide bonds. The number of anilines is 6. The molecule has 8 aromatic carbocycles. The third-order valence-corrected chi connectivity index (χ3v) is 10.8. The van der Waals surface area contributed by atoms with Crippen molar-refractivity contribution in [2.45, 2.75) is 0 Å². The van der Waals surface area contributed by atoms with Gasteiger partial charge in [-0.1, -0.05) is 121 Å². The quantitative estimate of drug-likeness (QED) is 0.162. The largest absolute Gasteiger partial charge is 0.449 e. The molecule has 0 fully saturated rings. The van der Waals surface area contributed by atoms with Gasteiger partial charge in [0.1, 0.15) is 5.69 Å². The molecule has 1 aliphatic rings. The maximum Gasteiger partial charge on any atom is 0.195 e. The van der Waals surface area contributed by atoms with Crippen molar-refractivity contribution in [2.75, 3.05) is 9.80 Å². The summed E-state index contributed by atoms with van der Waals surface area (Å²) in [6.45, 7) is 0. The lowest BCUT2D eigenvalue weighted by Crippen LogP contribution is -2.14. The van der Waals surface area contributed by atoms with E-state index in [2.05, 4.69) is 154 Å². The van der Waals surface area contributed by atoms with Gasteiger partial charge in [0.2, 0.25) is 0 Å². The highest BCUT2D eigenvalue weighted by Gasteiger charge is 2.33. The van der Waals surface area contributed by atoms with Gasteiger partial charge in [-0.2, -0.15) is 0 Å². The van der Waals surface area contributed by atoms with Gasteiger partial charge in [-0.3, -0.25) is 9.97 Å². The minimum Gasteiger partial charge on any atom is -0.449 e. The Bertz CT molecular complexity index is 3120. The van der Waals surface area contributed by atoms with Crippen LogP contribution in [0.25, 0.3) is 43.7 Å². The zero-order valence-corrected chi connectivity index (χ0v) is 31.2. The van der Waals surface area contributed by atoms with Crippen molar-refractivity contribution in [3.05, 3.63) is 207 Å². The molecule has 6 nitrogen and oxygen atoms in total.